The van der Waals surface area contributed by atoms with E-state index in [1.165, 1.54) is 146 Å². The Bertz CT molecular complexity index is 5750. The largest absolute Gasteiger partial charge is 0.259 e. The maximum absolute atomic E-state index is 5.09. The lowest BCUT2D eigenvalue weighted by molar-refractivity contribution is 0.466. The highest BCUT2D eigenvalue weighted by Gasteiger charge is 2.50. The Morgan fingerprint density at radius 1 is 0.278 bits per heavy atom. The molecule has 0 fully saturated rings. The summed E-state index contributed by atoms with van der Waals surface area (Å²) in [7, 11) is 0. The Hall–Kier alpha value is -10.9. The van der Waals surface area contributed by atoms with Gasteiger partial charge in [0, 0.05) is 39.4 Å². The highest BCUT2D eigenvalue weighted by molar-refractivity contribution is 5.98. The van der Waals surface area contributed by atoms with Crippen molar-refractivity contribution < 1.29 is 0 Å². The van der Waals surface area contributed by atoms with Crippen LogP contribution in [0.5, 0.6) is 0 Å². The fourth-order valence-corrected chi connectivity index (χ4v) is 17.9. The van der Waals surface area contributed by atoms with Crippen LogP contribution in [0.1, 0.15) is 196 Å². The quantitative estimate of drug-likeness (QED) is 0.142. The molecule has 4 nitrogen and oxygen atoms in total. The molecular weight excluding hydrogens is 1310 g/mol. The second kappa shape index (κ2) is 26.8. The van der Waals surface area contributed by atoms with Crippen LogP contribution < -0.4 is 0 Å². The summed E-state index contributed by atoms with van der Waals surface area (Å²) >= 11 is 0. The summed E-state index contributed by atoms with van der Waals surface area (Å²) in [6.07, 6.45) is 6.27. The predicted octanol–water partition coefficient (Wildman–Crippen LogP) is 26.4. The third-order valence-corrected chi connectivity index (χ3v) is 23.7. The van der Waals surface area contributed by atoms with Crippen LogP contribution in [0.2, 0.25) is 0 Å². The van der Waals surface area contributed by atoms with Gasteiger partial charge < -0.3 is 0 Å². The molecule has 0 N–H and O–H groups in total. The monoisotopic (exact) mass is 1400 g/mol. The van der Waals surface area contributed by atoms with Crippen molar-refractivity contribution in [2.75, 3.05) is 0 Å². The summed E-state index contributed by atoms with van der Waals surface area (Å²) in [4.78, 5) is 20.1. The Balaban J connectivity index is 0.000000127. The van der Waals surface area contributed by atoms with Gasteiger partial charge in [0.25, 0.3) is 0 Å². The molecule has 0 saturated carbocycles. The summed E-state index contributed by atoms with van der Waals surface area (Å²) in [5.74, 6) is 0.659. The number of fused-ring (bicyclic) bond motifs is 13. The van der Waals surface area contributed by atoms with E-state index < -0.39 is 10.8 Å². The van der Waals surface area contributed by atoms with Crippen molar-refractivity contribution in [3.05, 3.63) is 377 Å². The summed E-state index contributed by atoms with van der Waals surface area (Å²) in [5, 5.41) is 4.64. The molecule has 108 heavy (non-hydrogen) atoms. The number of aromatic nitrogens is 4. The van der Waals surface area contributed by atoms with E-state index in [0.717, 1.165) is 72.5 Å². The van der Waals surface area contributed by atoms with Crippen LogP contribution in [-0.4, -0.2) is 19.9 Å². The Morgan fingerprint density at radius 3 is 0.944 bits per heavy atom. The smallest absolute Gasteiger partial charge is 0.106 e. The average molecular weight is 1410 g/mol. The van der Waals surface area contributed by atoms with Gasteiger partial charge in [0.2, 0.25) is 0 Å². The minimum Gasteiger partial charge on any atom is -0.259 e. The Morgan fingerprint density at radius 2 is 0.602 bits per heavy atom. The van der Waals surface area contributed by atoms with Gasteiger partial charge in [0.1, 0.15) is 5.41 Å². The molecule has 15 aromatic rings. The fraction of sp³-hybridized carbons (Fsp3) is 0.250. The van der Waals surface area contributed by atoms with Crippen molar-refractivity contribution in [3.63, 3.8) is 0 Å². The van der Waals surface area contributed by atoms with Crippen LogP contribution in [0.15, 0.2) is 249 Å². The molecule has 4 heterocycles. The average Bonchev–Trinajstić information content (AvgIpc) is 1.53. The third kappa shape index (κ3) is 12.2. The van der Waals surface area contributed by atoms with Crippen LogP contribution in [0.25, 0.3) is 77.0 Å². The van der Waals surface area contributed by atoms with Gasteiger partial charge in [-0.1, -0.05) is 265 Å². The van der Waals surface area contributed by atoms with E-state index in [1.54, 1.807) is 0 Å². The number of nitrogens with zero attached hydrogens (tertiary/aromatic N) is 4. The van der Waals surface area contributed by atoms with E-state index in [1.807, 2.05) is 12.4 Å². The molecule has 0 bridgehead atoms. The molecule has 0 aliphatic heterocycles. The van der Waals surface area contributed by atoms with E-state index in [-0.39, 0.29) is 16.2 Å². The molecule has 0 unspecified atom stereocenters. The van der Waals surface area contributed by atoms with Gasteiger partial charge in [-0.05, 0) is 276 Å². The zero-order valence-corrected chi connectivity index (χ0v) is 66.5. The lowest BCUT2D eigenvalue weighted by atomic mass is 9.66. The normalized spacial score (nSPS) is 14.0. The van der Waals surface area contributed by atoms with Crippen LogP contribution in [0.4, 0.5) is 0 Å². The molecule has 3 aliphatic rings. The number of pyridine rings is 4. The van der Waals surface area contributed by atoms with Gasteiger partial charge >= 0.3 is 0 Å². The first kappa shape index (κ1) is 71.3. The maximum Gasteiger partial charge on any atom is 0.106 e. The second-order valence-electron chi connectivity index (χ2n) is 34.6. The third-order valence-electron chi connectivity index (χ3n) is 23.7. The highest BCUT2D eigenvalue weighted by atomic mass is 14.8. The summed E-state index contributed by atoms with van der Waals surface area (Å²) in [5.41, 5.74) is 40.7. The lowest BCUT2D eigenvalue weighted by Gasteiger charge is -2.37. The first-order chi connectivity index (χ1) is 51.6. The van der Waals surface area contributed by atoms with Crippen molar-refractivity contribution >= 4 is 43.6 Å². The van der Waals surface area contributed by atoms with Crippen LogP contribution in [0.3, 0.4) is 0 Å². The number of aryl methyl sites for hydroxylation is 10. The maximum atomic E-state index is 5.09. The summed E-state index contributed by atoms with van der Waals surface area (Å²) < 4.78 is 0. The molecule has 0 spiro atoms. The first-order valence-corrected chi connectivity index (χ1v) is 38.9. The standard InChI is InChI=1S/C43H32N2.C34H44.C27H24N2/c1-25-7-13-35-36-14-8-26(2)18-38(36)43(37(35)17-25,33-11-15-39-31(23-33)21-29-9-5-27(3)19-41(29)44-39)34-12-16-40-32(24-34)22-30-10-6-28(4)20-42(30)45-40;1-22(2)15-16-34(27-20-25(32(5,6)7)19-26(21-27)33(8,9)10)30-17-23(3)11-13-28(30)29-14-12-24(4)18-31(29)34;1-17-5-9-21-22-10-6-18(2)14-24(22)27(23(21)13-17,25-11-7-19(3)15-28-25)26-12-8-20(4)16-29-26/h5-24H,1-4H3;11-14,17-22H,15-16H2,1-10H3;5-16H,1-4H3. The predicted molar refractivity (Wildman–Crippen MR) is 456 cm³/mol. The zero-order valence-electron chi connectivity index (χ0n) is 66.5. The van der Waals surface area contributed by atoms with Crippen molar-refractivity contribution in [2.45, 2.75) is 165 Å². The topological polar surface area (TPSA) is 51.6 Å². The molecule has 0 atom stereocenters. The molecule has 536 valence electrons. The number of rotatable bonds is 8. The molecule has 11 aromatic carbocycles. The minimum absolute atomic E-state index is 0.0960. The van der Waals surface area contributed by atoms with Crippen molar-refractivity contribution in [2.24, 2.45) is 5.92 Å². The van der Waals surface area contributed by atoms with Crippen molar-refractivity contribution in [1.29, 1.82) is 0 Å². The minimum atomic E-state index is -0.510. The van der Waals surface area contributed by atoms with Crippen LogP contribution >= 0.6 is 0 Å². The van der Waals surface area contributed by atoms with E-state index in [2.05, 4.69) is 361 Å². The summed E-state index contributed by atoms with van der Waals surface area (Å²) in [6, 6.07) is 89.4. The number of benzene rings is 11. The van der Waals surface area contributed by atoms with E-state index in [0.29, 0.717) is 5.92 Å². The van der Waals surface area contributed by atoms with Gasteiger partial charge in [-0.2, -0.15) is 0 Å². The van der Waals surface area contributed by atoms with E-state index >= 15 is 0 Å². The molecule has 18 rings (SSSR count). The van der Waals surface area contributed by atoms with Gasteiger partial charge in [-0.15, -0.1) is 0 Å². The van der Waals surface area contributed by atoms with Gasteiger partial charge in [0.05, 0.1) is 38.9 Å². The second-order valence-corrected chi connectivity index (χ2v) is 34.6. The lowest BCUT2D eigenvalue weighted by Crippen LogP contribution is -2.31. The van der Waals surface area contributed by atoms with Gasteiger partial charge in [-0.25, -0.2) is 9.97 Å². The van der Waals surface area contributed by atoms with Crippen molar-refractivity contribution in [3.8, 4) is 33.4 Å². The van der Waals surface area contributed by atoms with Gasteiger partial charge in [0.15, 0.2) is 0 Å². The molecule has 4 aromatic heterocycles. The van der Waals surface area contributed by atoms with E-state index in [9.17, 15) is 0 Å². The molecule has 4 heteroatoms. The highest BCUT2D eigenvalue weighted by Crippen LogP contribution is 2.60. The summed E-state index contributed by atoms with van der Waals surface area (Å²) in [6.45, 7) is 40.5. The molecule has 0 amide bonds. The fourth-order valence-electron chi connectivity index (χ4n) is 17.9. The van der Waals surface area contributed by atoms with Crippen molar-refractivity contribution in [1.82, 2.24) is 19.9 Å². The Kier molecular flexibility index (Phi) is 17.7. The molecule has 0 radical (unpaired) electrons. The SMILES string of the molecule is Cc1ccc(C2(c3ccc(C)cn3)c3cc(C)ccc3-c3ccc(C)cc32)nc1.Cc1ccc2c(c1)C(CCC(C)C)(c1cc(C(C)(C)C)cc(C(C)(C)C)c1)c1cc(C)ccc1-2.Cc1ccc2c(c1)C(c1ccc3nc4cc(C)ccc4cc3c1)(c1ccc3nc4cc(C)ccc4cc3c1)c1cc(C)ccc1-2. The van der Waals surface area contributed by atoms with Crippen LogP contribution in [-0.2, 0) is 27.1 Å². The van der Waals surface area contributed by atoms with E-state index in [4.69, 9.17) is 19.9 Å². The number of hydrogen-bond acceptors (Lipinski definition) is 4. The zero-order chi connectivity index (χ0) is 75.7. The van der Waals surface area contributed by atoms with Gasteiger partial charge in [-0.3, -0.25) is 9.97 Å². The number of hydrogen-bond donors (Lipinski definition) is 0. The molecule has 3 aliphatic carbocycles. The Labute approximate surface area is 640 Å². The molecule has 0 saturated heterocycles. The first-order valence-electron chi connectivity index (χ1n) is 38.9. The van der Waals surface area contributed by atoms with Crippen LogP contribution in [0, 0.1) is 75.2 Å². The molecular formula is C104H100N4.